The maximum atomic E-state index is 13.7. The van der Waals surface area contributed by atoms with Gasteiger partial charge in [0.1, 0.15) is 6.10 Å². The van der Waals surface area contributed by atoms with E-state index in [1.807, 2.05) is 24.3 Å². The Balaban J connectivity index is 1.42. The molecule has 37 heavy (non-hydrogen) atoms. The second-order valence-corrected chi connectivity index (χ2v) is 11.6. The van der Waals surface area contributed by atoms with Gasteiger partial charge in [-0.15, -0.1) is 0 Å². The average Bonchev–Trinajstić information content (AvgIpc) is 3.44. The van der Waals surface area contributed by atoms with Gasteiger partial charge in [0.2, 0.25) is 5.91 Å². The highest BCUT2D eigenvalue weighted by Crippen LogP contribution is 2.60. The predicted molar refractivity (Wildman–Crippen MR) is 125 cm³/mol. The van der Waals surface area contributed by atoms with Crippen molar-refractivity contribution in [1.29, 1.82) is 0 Å². The Morgan fingerprint density at radius 2 is 1.81 bits per heavy atom. The number of benzene rings is 2. The first kappa shape index (κ1) is 25.5. The molecule has 2 aromatic rings. The van der Waals surface area contributed by atoms with Crippen molar-refractivity contribution in [1.82, 2.24) is 4.90 Å². The molecule has 1 saturated heterocycles. The number of hydrogen-bond donors (Lipinski definition) is 1. The molecule has 12 heteroatoms. The minimum atomic E-state index is -5.80. The first-order chi connectivity index (χ1) is 17.3. The Morgan fingerprint density at radius 3 is 2.46 bits per heavy atom. The number of carbonyl (C=O) groups is 3. The van der Waals surface area contributed by atoms with Crippen LogP contribution in [0.25, 0.3) is 10.8 Å². The van der Waals surface area contributed by atoms with E-state index >= 15 is 0 Å². The molecule has 2 bridgehead atoms. The van der Waals surface area contributed by atoms with Gasteiger partial charge >= 0.3 is 27.3 Å². The van der Waals surface area contributed by atoms with Gasteiger partial charge in [0.25, 0.3) is 0 Å². The fourth-order valence-corrected chi connectivity index (χ4v) is 6.47. The number of amides is 1. The van der Waals surface area contributed by atoms with Gasteiger partial charge in [0.15, 0.2) is 6.61 Å². The fraction of sp³-hybridized carbons (Fsp3) is 0.480. The van der Waals surface area contributed by atoms with Crippen LogP contribution in [0.3, 0.4) is 0 Å². The van der Waals surface area contributed by atoms with Gasteiger partial charge in [-0.25, -0.2) is 4.79 Å². The minimum Gasteiger partial charge on any atom is -0.458 e. The van der Waals surface area contributed by atoms with E-state index in [1.165, 1.54) is 0 Å². The van der Waals surface area contributed by atoms with Crippen molar-refractivity contribution in [2.75, 3.05) is 6.61 Å². The third-order valence-corrected chi connectivity index (χ3v) is 8.60. The van der Waals surface area contributed by atoms with Crippen LogP contribution in [-0.2, 0) is 29.2 Å². The number of fused-ring (bicyclic) bond motifs is 2. The molecule has 0 spiro atoms. The number of alkyl halides is 2. The van der Waals surface area contributed by atoms with Crippen LogP contribution in [0.1, 0.15) is 30.6 Å². The molecule has 0 radical (unpaired) electrons. The van der Waals surface area contributed by atoms with Crippen molar-refractivity contribution >= 4 is 38.7 Å². The molecule has 3 aliphatic rings. The summed E-state index contributed by atoms with van der Waals surface area (Å²) in [5, 5.41) is -2.95. The van der Waals surface area contributed by atoms with Crippen LogP contribution in [0.15, 0.2) is 42.5 Å². The van der Waals surface area contributed by atoms with Crippen molar-refractivity contribution in [2.24, 2.45) is 23.7 Å². The SMILES string of the molecule is CC(C)N1C(=O)C2C3CC(C(OC(=O)c4ccc5ccccc5c4)C31)C2C(=O)OCC(F)(F)S(=O)(=O)O. The van der Waals surface area contributed by atoms with E-state index in [4.69, 9.17) is 9.29 Å². The number of carbonyl (C=O) groups excluding carboxylic acids is 3. The van der Waals surface area contributed by atoms with Crippen LogP contribution >= 0.6 is 0 Å². The normalized spacial score (nSPS) is 28.8. The van der Waals surface area contributed by atoms with Gasteiger partial charge in [-0.1, -0.05) is 30.3 Å². The van der Waals surface area contributed by atoms with Crippen molar-refractivity contribution in [2.45, 2.75) is 43.7 Å². The largest absolute Gasteiger partial charge is 0.458 e. The Hall–Kier alpha value is -3.12. The summed E-state index contributed by atoms with van der Waals surface area (Å²) in [4.78, 5) is 40.9. The summed E-state index contributed by atoms with van der Waals surface area (Å²) in [7, 11) is -5.80. The smallest absolute Gasteiger partial charge is 0.402 e. The van der Waals surface area contributed by atoms with Crippen LogP contribution in [0.5, 0.6) is 0 Å². The lowest BCUT2D eigenvalue weighted by molar-refractivity contribution is -0.161. The van der Waals surface area contributed by atoms with Gasteiger partial charge in [-0.05, 0) is 49.1 Å². The number of halogens is 2. The lowest BCUT2D eigenvalue weighted by Gasteiger charge is -2.35. The van der Waals surface area contributed by atoms with Crippen molar-refractivity contribution in [3.8, 4) is 0 Å². The maximum absolute atomic E-state index is 13.7. The molecule has 1 aliphatic heterocycles. The fourth-order valence-electron chi connectivity index (χ4n) is 6.26. The van der Waals surface area contributed by atoms with Crippen LogP contribution in [-0.4, -0.2) is 65.8 Å². The molecule has 0 aromatic heterocycles. The number of nitrogens with zero attached hydrogens (tertiary/aromatic N) is 1. The predicted octanol–water partition coefficient (Wildman–Crippen LogP) is 2.89. The van der Waals surface area contributed by atoms with Crippen molar-refractivity contribution < 1.29 is 45.6 Å². The molecule has 2 aliphatic carbocycles. The summed E-state index contributed by atoms with van der Waals surface area (Å²) in [6.07, 6.45) is -0.539. The molecule has 2 aromatic carbocycles. The zero-order valence-corrected chi connectivity index (χ0v) is 20.7. The third-order valence-electron chi connectivity index (χ3n) is 7.73. The molecule has 2 saturated carbocycles. The average molecular weight is 538 g/mol. The second kappa shape index (κ2) is 8.73. The molecule has 1 amide bonds. The summed E-state index contributed by atoms with van der Waals surface area (Å²) in [6.45, 7) is 1.69. The first-order valence-electron chi connectivity index (χ1n) is 11.9. The summed E-state index contributed by atoms with van der Waals surface area (Å²) in [5.74, 6) is -5.26. The molecule has 3 fully saturated rings. The van der Waals surface area contributed by atoms with Crippen LogP contribution < -0.4 is 0 Å². The van der Waals surface area contributed by atoms with Crippen molar-refractivity contribution in [3.63, 3.8) is 0 Å². The third kappa shape index (κ3) is 4.06. The zero-order valence-electron chi connectivity index (χ0n) is 19.9. The highest BCUT2D eigenvalue weighted by molar-refractivity contribution is 7.86. The maximum Gasteiger partial charge on any atom is 0.402 e. The summed E-state index contributed by atoms with van der Waals surface area (Å²) >= 11 is 0. The summed E-state index contributed by atoms with van der Waals surface area (Å²) < 4.78 is 68.4. The number of ether oxygens (including phenoxy) is 2. The van der Waals surface area contributed by atoms with E-state index in [0.29, 0.717) is 6.42 Å². The van der Waals surface area contributed by atoms with Gasteiger partial charge in [0, 0.05) is 12.0 Å². The van der Waals surface area contributed by atoms with Gasteiger partial charge < -0.3 is 14.4 Å². The van der Waals surface area contributed by atoms with E-state index in [0.717, 1.165) is 10.8 Å². The van der Waals surface area contributed by atoms with Gasteiger partial charge in [-0.2, -0.15) is 17.2 Å². The van der Waals surface area contributed by atoms with Crippen molar-refractivity contribution in [3.05, 3.63) is 48.0 Å². The Kier molecular flexibility index (Phi) is 6.02. The molecule has 198 valence electrons. The molecule has 9 nitrogen and oxygen atoms in total. The molecular weight excluding hydrogens is 512 g/mol. The molecule has 1 heterocycles. The van der Waals surface area contributed by atoms with E-state index in [-0.39, 0.29) is 23.4 Å². The Labute approximate surface area is 211 Å². The van der Waals surface area contributed by atoms with Crippen LogP contribution in [0.2, 0.25) is 0 Å². The number of esters is 2. The Bertz CT molecular complexity index is 1390. The molecule has 6 unspecified atom stereocenters. The van der Waals surface area contributed by atoms with Gasteiger partial charge in [-0.3, -0.25) is 14.1 Å². The van der Waals surface area contributed by atoms with E-state index in [9.17, 15) is 31.6 Å². The van der Waals surface area contributed by atoms with Crippen LogP contribution in [0.4, 0.5) is 8.78 Å². The lowest BCUT2D eigenvalue weighted by Crippen LogP contribution is -2.48. The highest BCUT2D eigenvalue weighted by atomic mass is 32.2. The zero-order chi connectivity index (χ0) is 26.9. The molecule has 1 N–H and O–H groups in total. The summed E-state index contributed by atoms with van der Waals surface area (Å²) in [5.41, 5.74) is 0.283. The monoisotopic (exact) mass is 537 g/mol. The molecule has 5 rings (SSSR count). The number of rotatable bonds is 7. The van der Waals surface area contributed by atoms with E-state index < -0.39 is 63.8 Å². The minimum absolute atomic E-state index is 0.274. The number of likely N-dealkylation sites (tertiary alicyclic amines) is 1. The highest BCUT2D eigenvalue weighted by Gasteiger charge is 2.71. The standard InChI is InChI=1S/C25H25F2NO8S/c1-12(2)28-20-16-10-17(19(18(16)22(28)29)24(31)35-11-25(26,27)37(32,33)34)21(20)36-23(30)15-8-7-13-5-3-4-6-14(13)9-15/h3-9,12,16-21H,10-11H2,1-2H3,(H,32,33,34). The Morgan fingerprint density at radius 1 is 1.14 bits per heavy atom. The second-order valence-electron chi connectivity index (χ2n) is 10.1. The van der Waals surface area contributed by atoms with E-state index in [2.05, 4.69) is 4.74 Å². The number of hydrogen-bond acceptors (Lipinski definition) is 7. The lowest BCUT2D eigenvalue weighted by atomic mass is 9.78. The molecule has 6 atom stereocenters. The van der Waals surface area contributed by atoms with Gasteiger partial charge in [0.05, 0.1) is 23.4 Å². The summed E-state index contributed by atoms with van der Waals surface area (Å²) in [6, 6.07) is 11.8. The van der Waals surface area contributed by atoms with Crippen LogP contribution in [0, 0.1) is 23.7 Å². The quantitative estimate of drug-likeness (QED) is 0.422. The topological polar surface area (TPSA) is 127 Å². The van der Waals surface area contributed by atoms with E-state index in [1.54, 1.807) is 36.9 Å². The molecular formula is C25H25F2NO8S. The first-order valence-corrected chi connectivity index (χ1v) is 13.3.